The maximum Gasteiger partial charge on any atom is 0.162 e. The summed E-state index contributed by atoms with van der Waals surface area (Å²) in [6.07, 6.45) is 13.8. The monoisotopic (exact) mass is 528 g/mol. The lowest BCUT2D eigenvalue weighted by molar-refractivity contribution is -0.216. The van der Waals surface area contributed by atoms with Gasteiger partial charge in [-0.2, -0.15) is 0 Å². The molecule has 6 fully saturated rings. The summed E-state index contributed by atoms with van der Waals surface area (Å²) in [6, 6.07) is 0. The van der Waals surface area contributed by atoms with Gasteiger partial charge < -0.3 is 19.7 Å². The van der Waals surface area contributed by atoms with E-state index in [4.69, 9.17) is 9.47 Å². The molecule has 0 aromatic heterocycles. The predicted octanol–water partition coefficient (Wildman–Crippen LogP) is 7.27. The van der Waals surface area contributed by atoms with Crippen molar-refractivity contribution in [3.05, 3.63) is 11.6 Å². The van der Waals surface area contributed by atoms with Gasteiger partial charge in [0, 0.05) is 17.4 Å². The van der Waals surface area contributed by atoms with Gasteiger partial charge in [-0.05, 0) is 104 Å². The maximum atomic E-state index is 12.1. The molecule has 11 atom stereocenters. The first-order chi connectivity index (χ1) is 17.8. The van der Waals surface area contributed by atoms with Gasteiger partial charge in [0.25, 0.3) is 0 Å². The molecule has 4 nitrogen and oxygen atoms in total. The van der Waals surface area contributed by atoms with E-state index in [9.17, 15) is 10.2 Å². The zero-order chi connectivity index (χ0) is 27.4. The van der Waals surface area contributed by atoms with Crippen LogP contribution in [0.4, 0.5) is 0 Å². The van der Waals surface area contributed by atoms with E-state index in [0.29, 0.717) is 24.4 Å². The molecular formula is C34H56O4. The predicted molar refractivity (Wildman–Crippen MR) is 151 cm³/mol. The van der Waals surface area contributed by atoms with Crippen molar-refractivity contribution in [3.63, 3.8) is 0 Å². The van der Waals surface area contributed by atoms with Gasteiger partial charge in [0.15, 0.2) is 6.29 Å². The molecule has 2 aliphatic heterocycles. The molecule has 4 heteroatoms. The first kappa shape index (κ1) is 27.7. The minimum Gasteiger partial charge on any atom is -0.393 e. The molecule has 2 bridgehead atoms. The van der Waals surface area contributed by atoms with Crippen molar-refractivity contribution in [2.75, 3.05) is 13.2 Å². The highest BCUT2D eigenvalue weighted by atomic mass is 16.7. The van der Waals surface area contributed by atoms with Crippen LogP contribution in [0, 0.1) is 50.2 Å². The van der Waals surface area contributed by atoms with E-state index >= 15 is 0 Å². The number of aliphatic hydroxyl groups is 2. The minimum atomic E-state index is -0.334. The Labute approximate surface area is 232 Å². The van der Waals surface area contributed by atoms with Crippen molar-refractivity contribution < 1.29 is 19.7 Å². The summed E-state index contributed by atoms with van der Waals surface area (Å²) in [5.74, 6) is 1.52. The van der Waals surface area contributed by atoms with Crippen molar-refractivity contribution in [2.24, 2.45) is 50.2 Å². The van der Waals surface area contributed by atoms with Crippen LogP contribution in [0.3, 0.4) is 0 Å². The molecule has 0 radical (unpaired) electrons. The van der Waals surface area contributed by atoms with Crippen LogP contribution in [-0.2, 0) is 9.47 Å². The average Bonchev–Trinajstić information content (AvgIpc) is 3.07. The van der Waals surface area contributed by atoms with Gasteiger partial charge in [0.2, 0.25) is 0 Å². The van der Waals surface area contributed by atoms with E-state index in [-0.39, 0.29) is 51.0 Å². The van der Waals surface area contributed by atoms with Gasteiger partial charge in [-0.15, -0.1) is 0 Å². The Morgan fingerprint density at radius 2 is 1.68 bits per heavy atom. The Morgan fingerprint density at radius 3 is 2.42 bits per heavy atom. The van der Waals surface area contributed by atoms with E-state index in [1.54, 1.807) is 5.57 Å². The van der Waals surface area contributed by atoms with Crippen LogP contribution in [0.2, 0.25) is 0 Å². The number of rotatable bonds is 4. The van der Waals surface area contributed by atoms with Crippen molar-refractivity contribution in [2.45, 2.75) is 138 Å². The van der Waals surface area contributed by atoms with Gasteiger partial charge in [0.1, 0.15) is 0 Å². The normalized spacial score (nSPS) is 55.1. The number of unbranched alkanes of at least 4 members (excludes halogenated alkanes) is 1. The Balaban J connectivity index is 1.38. The standard InChI is InChI=1S/C34H56O4/c1-8-9-18-37-28-30(4)16-17-34(21-38-28)23(19-30)22-10-11-25-31(5)14-13-26(35)29(2,3)24(31)12-15-32(25,6)33(22,7)20-27(34)36/h10,23-28,35-36H,8-9,11-21H2,1-7H3. The van der Waals surface area contributed by atoms with E-state index < -0.39 is 0 Å². The zero-order valence-electron chi connectivity index (χ0n) is 25.4. The molecule has 216 valence electrons. The molecular weight excluding hydrogens is 472 g/mol. The van der Waals surface area contributed by atoms with Crippen LogP contribution >= 0.6 is 0 Å². The highest BCUT2D eigenvalue weighted by molar-refractivity contribution is 5.35. The molecule has 2 N–H and O–H groups in total. The molecule has 11 unspecified atom stereocenters. The Kier molecular flexibility index (Phi) is 6.42. The summed E-state index contributed by atoms with van der Waals surface area (Å²) in [6.45, 7) is 18.3. The second-order valence-corrected chi connectivity index (χ2v) is 16.4. The third kappa shape index (κ3) is 3.42. The topological polar surface area (TPSA) is 58.9 Å². The molecule has 7 rings (SSSR count). The molecule has 2 heterocycles. The second-order valence-electron chi connectivity index (χ2n) is 16.4. The number of ether oxygens (including phenoxy) is 2. The molecule has 0 aromatic carbocycles. The third-order valence-electron chi connectivity index (χ3n) is 14.5. The number of hydrogen-bond acceptors (Lipinski definition) is 4. The number of aliphatic hydroxyl groups excluding tert-OH is 2. The first-order valence-corrected chi connectivity index (χ1v) is 16.1. The van der Waals surface area contributed by atoms with E-state index in [1.165, 1.54) is 12.8 Å². The highest BCUT2D eigenvalue weighted by Crippen LogP contribution is 2.76. The van der Waals surface area contributed by atoms with Crippen LogP contribution in [0.25, 0.3) is 0 Å². The smallest absolute Gasteiger partial charge is 0.162 e. The third-order valence-corrected chi connectivity index (χ3v) is 14.5. The van der Waals surface area contributed by atoms with Gasteiger partial charge in [-0.3, -0.25) is 0 Å². The van der Waals surface area contributed by atoms with Gasteiger partial charge >= 0.3 is 0 Å². The summed E-state index contributed by atoms with van der Waals surface area (Å²) in [5, 5.41) is 23.1. The zero-order valence-corrected chi connectivity index (χ0v) is 25.4. The Hall–Kier alpha value is -0.420. The van der Waals surface area contributed by atoms with Crippen molar-refractivity contribution in [3.8, 4) is 0 Å². The van der Waals surface area contributed by atoms with Crippen molar-refractivity contribution in [1.29, 1.82) is 0 Å². The Morgan fingerprint density at radius 1 is 0.921 bits per heavy atom. The second kappa shape index (κ2) is 8.79. The van der Waals surface area contributed by atoms with Gasteiger partial charge in [-0.1, -0.05) is 66.5 Å². The van der Waals surface area contributed by atoms with E-state index in [0.717, 1.165) is 64.4 Å². The average molecular weight is 529 g/mol. The summed E-state index contributed by atoms with van der Waals surface area (Å²) in [5.41, 5.74) is 1.84. The number of fused-ring (bicyclic) bond motifs is 8. The first-order valence-electron chi connectivity index (χ1n) is 16.1. The SMILES string of the molecule is CCCCOC1OCC23CCC1(C)CC2C1=CCC2C4(C)CCC(O)C(C)(C)C4CCC2(C)C1(C)CC3O. The lowest BCUT2D eigenvalue weighted by Crippen LogP contribution is -2.66. The van der Waals surface area contributed by atoms with Crippen LogP contribution in [0.5, 0.6) is 0 Å². The van der Waals surface area contributed by atoms with E-state index in [2.05, 4.69) is 54.5 Å². The van der Waals surface area contributed by atoms with Crippen molar-refractivity contribution in [1.82, 2.24) is 0 Å². The van der Waals surface area contributed by atoms with Crippen LogP contribution in [0.15, 0.2) is 11.6 Å². The molecule has 0 amide bonds. The lowest BCUT2D eigenvalue weighted by atomic mass is 9.33. The van der Waals surface area contributed by atoms with E-state index in [1.807, 2.05) is 0 Å². The fourth-order valence-electron chi connectivity index (χ4n) is 11.8. The summed E-state index contributed by atoms with van der Waals surface area (Å²) in [7, 11) is 0. The van der Waals surface area contributed by atoms with Crippen LogP contribution in [0.1, 0.15) is 119 Å². The highest BCUT2D eigenvalue weighted by Gasteiger charge is 2.71. The fourth-order valence-corrected chi connectivity index (χ4v) is 11.8. The summed E-state index contributed by atoms with van der Waals surface area (Å²) < 4.78 is 13.0. The van der Waals surface area contributed by atoms with Gasteiger partial charge in [0.05, 0.1) is 18.8 Å². The molecule has 7 aliphatic rings. The summed E-state index contributed by atoms with van der Waals surface area (Å²) >= 11 is 0. The van der Waals surface area contributed by atoms with Crippen molar-refractivity contribution >= 4 is 0 Å². The van der Waals surface area contributed by atoms with Crippen LogP contribution < -0.4 is 0 Å². The minimum absolute atomic E-state index is 0.00115. The molecule has 38 heavy (non-hydrogen) atoms. The lowest BCUT2D eigenvalue weighted by Gasteiger charge is -2.71. The largest absolute Gasteiger partial charge is 0.393 e. The quantitative estimate of drug-likeness (QED) is 0.297. The molecule has 1 spiro atoms. The maximum absolute atomic E-state index is 12.1. The van der Waals surface area contributed by atoms with Crippen LogP contribution in [-0.4, -0.2) is 41.9 Å². The number of hydrogen-bond donors (Lipinski definition) is 2. The molecule has 5 aliphatic carbocycles. The number of allylic oxidation sites excluding steroid dienone is 2. The molecule has 2 saturated heterocycles. The Bertz CT molecular complexity index is 974. The van der Waals surface area contributed by atoms with Gasteiger partial charge in [-0.25, -0.2) is 0 Å². The molecule has 0 aromatic rings. The summed E-state index contributed by atoms with van der Waals surface area (Å²) in [4.78, 5) is 0. The molecule has 4 saturated carbocycles. The fraction of sp³-hybridized carbons (Fsp3) is 0.941.